The van der Waals surface area contributed by atoms with Crippen molar-refractivity contribution in [1.82, 2.24) is 4.31 Å². The number of rotatable bonds is 5. The van der Waals surface area contributed by atoms with Gasteiger partial charge in [0.05, 0.1) is 5.41 Å². The molecule has 2 aliphatic heterocycles. The standard InChI is InChI=1S/C25H30FNO4S/c1-18-8-11-24(20-6-4-3-5-7-20)32(29,30)27(18)17-21-9-10-22(16-23(21)26)25(19(2)28)12-14-31-15-13-25/h3-7,9-10,16,18,24H,8,11-15,17H2,1-2H3/t18-,24+/m0/s1. The average Bonchev–Trinajstić information content (AvgIpc) is 2.78. The zero-order valence-corrected chi connectivity index (χ0v) is 19.4. The van der Waals surface area contributed by atoms with Crippen molar-refractivity contribution < 1.29 is 22.3 Å². The van der Waals surface area contributed by atoms with Gasteiger partial charge in [0, 0.05) is 31.4 Å². The van der Waals surface area contributed by atoms with Gasteiger partial charge in [-0.15, -0.1) is 0 Å². The second-order valence-corrected chi connectivity index (χ2v) is 11.0. The largest absolute Gasteiger partial charge is 0.381 e. The van der Waals surface area contributed by atoms with Crippen LogP contribution in [0.4, 0.5) is 4.39 Å². The zero-order valence-electron chi connectivity index (χ0n) is 18.6. The zero-order chi connectivity index (χ0) is 22.9. The smallest absolute Gasteiger partial charge is 0.221 e. The van der Waals surface area contributed by atoms with E-state index in [-0.39, 0.29) is 18.4 Å². The van der Waals surface area contributed by atoms with Gasteiger partial charge in [0.1, 0.15) is 16.9 Å². The summed E-state index contributed by atoms with van der Waals surface area (Å²) in [4.78, 5) is 12.5. The maximum atomic E-state index is 15.2. The topological polar surface area (TPSA) is 63.7 Å². The van der Waals surface area contributed by atoms with Gasteiger partial charge < -0.3 is 4.74 Å². The second kappa shape index (κ2) is 9.04. The molecule has 32 heavy (non-hydrogen) atoms. The Hall–Kier alpha value is -2.09. The lowest BCUT2D eigenvalue weighted by Crippen LogP contribution is -2.45. The Bertz CT molecular complexity index is 1080. The number of sulfonamides is 1. The van der Waals surface area contributed by atoms with E-state index in [0.717, 1.165) is 5.56 Å². The molecule has 0 amide bonds. The molecular weight excluding hydrogens is 429 g/mol. The number of carbonyl (C=O) groups excluding carboxylic acids is 1. The molecule has 0 aromatic heterocycles. The summed E-state index contributed by atoms with van der Waals surface area (Å²) in [7, 11) is -3.64. The van der Waals surface area contributed by atoms with Crippen LogP contribution < -0.4 is 0 Å². The Kier molecular flexibility index (Phi) is 6.52. The number of hydrogen-bond acceptors (Lipinski definition) is 4. The molecule has 172 valence electrons. The lowest BCUT2D eigenvalue weighted by atomic mass is 9.71. The van der Waals surface area contributed by atoms with Gasteiger partial charge in [0.25, 0.3) is 0 Å². The maximum absolute atomic E-state index is 15.2. The minimum absolute atomic E-state index is 0.00545. The molecule has 2 heterocycles. The van der Waals surface area contributed by atoms with E-state index in [2.05, 4.69) is 0 Å². The summed E-state index contributed by atoms with van der Waals surface area (Å²) < 4.78 is 49.0. The quantitative estimate of drug-likeness (QED) is 0.660. The van der Waals surface area contributed by atoms with E-state index in [1.165, 1.54) is 10.4 Å². The molecule has 5 nitrogen and oxygen atoms in total. The average molecular weight is 460 g/mol. The summed E-state index contributed by atoms with van der Waals surface area (Å²) in [5.41, 5.74) is 0.999. The molecule has 0 unspecified atom stereocenters. The fraction of sp³-hybridized carbons (Fsp3) is 0.480. The normalized spacial score (nSPS) is 25.3. The number of halogens is 1. The molecule has 0 saturated carbocycles. The number of carbonyl (C=O) groups is 1. The van der Waals surface area contributed by atoms with Crippen LogP contribution in [0.25, 0.3) is 0 Å². The van der Waals surface area contributed by atoms with Crippen LogP contribution in [0.2, 0.25) is 0 Å². The van der Waals surface area contributed by atoms with Crippen LogP contribution in [-0.4, -0.2) is 37.8 Å². The van der Waals surface area contributed by atoms with E-state index < -0.39 is 26.5 Å². The van der Waals surface area contributed by atoms with Crippen molar-refractivity contribution in [2.75, 3.05) is 13.2 Å². The molecule has 2 fully saturated rings. The molecule has 4 rings (SSSR count). The lowest BCUT2D eigenvalue weighted by molar-refractivity contribution is -0.126. The van der Waals surface area contributed by atoms with Crippen LogP contribution in [0, 0.1) is 5.82 Å². The summed E-state index contributed by atoms with van der Waals surface area (Å²) in [6.07, 6.45) is 2.31. The molecule has 2 aromatic rings. The van der Waals surface area contributed by atoms with E-state index in [0.29, 0.717) is 50.0 Å². The number of benzene rings is 2. The molecular formula is C25H30FNO4S. The minimum atomic E-state index is -3.64. The SMILES string of the molecule is CC(=O)C1(c2ccc(CN3[C@@H](C)CC[C@H](c4ccccc4)S3(=O)=O)c(F)c2)CCOCC1. The first-order valence-electron chi connectivity index (χ1n) is 11.2. The van der Waals surface area contributed by atoms with Gasteiger partial charge in [-0.3, -0.25) is 4.79 Å². The molecule has 2 aromatic carbocycles. The third-order valence-electron chi connectivity index (χ3n) is 7.15. The number of hydrogen-bond donors (Lipinski definition) is 0. The summed E-state index contributed by atoms with van der Waals surface area (Å²) >= 11 is 0. The predicted molar refractivity (Wildman–Crippen MR) is 121 cm³/mol. The van der Waals surface area contributed by atoms with Crippen LogP contribution >= 0.6 is 0 Å². The molecule has 2 atom stereocenters. The number of Topliss-reactive ketones (excluding diaryl/α,β-unsaturated/α-hetero) is 1. The van der Waals surface area contributed by atoms with Gasteiger partial charge in [-0.05, 0) is 56.7 Å². The molecule has 0 radical (unpaired) electrons. The first kappa shape index (κ1) is 23.1. The summed E-state index contributed by atoms with van der Waals surface area (Å²) in [6.45, 7) is 4.33. The van der Waals surface area contributed by atoms with Crippen molar-refractivity contribution in [2.24, 2.45) is 0 Å². The van der Waals surface area contributed by atoms with Crippen molar-refractivity contribution >= 4 is 15.8 Å². The fourth-order valence-electron chi connectivity index (χ4n) is 5.06. The Morgan fingerprint density at radius 1 is 1.12 bits per heavy atom. The Morgan fingerprint density at radius 3 is 2.44 bits per heavy atom. The maximum Gasteiger partial charge on any atom is 0.221 e. The summed E-state index contributed by atoms with van der Waals surface area (Å²) in [6, 6.07) is 13.8. The van der Waals surface area contributed by atoms with Gasteiger partial charge in [-0.25, -0.2) is 12.8 Å². The first-order chi connectivity index (χ1) is 15.3. The van der Waals surface area contributed by atoms with E-state index in [9.17, 15) is 13.2 Å². The van der Waals surface area contributed by atoms with Crippen LogP contribution in [-0.2, 0) is 31.5 Å². The van der Waals surface area contributed by atoms with Crippen LogP contribution in [0.5, 0.6) is 0 Å². The van der Waals surface area contributed by atoms with Gasteiger partial charge >= 0.3 is 0 Å². The van der Waals surface area contributed by atoms with E-state index in [1.807, 2.05) is 37.3 Å². The summed E-state index contributed by atoms with van der Waals surface area (Å²) in [5, 5.41) is -0.620. The fourth-order valence-corrected chi connectivity index (χ4v) is 7.24. The third kappa shape index (κ3) is 4.14. The number of ether oxygens (including phenoxy) is 1. The highest BCUT2D eigenvalue weighted by Gasteiger charge is 2.42. The predicted octanol–water partition coefficient (Wildman–Crippen LogP) is 4.52. The highest BCUT2D eigenvalue weighted by Crippen LogP contribution is 2.39. The summed E-state index contributed by atoms with van der Waals surface area (Å²) in [5.74, 6) is -0.468. The monoisotopic (exact) mass is 459 g/mol. The minimum Gasteiger partial charge on any atom is -0.381 e. The lowest BCUT2D eigenvalue weighted by Gasteiger charge is -2.38. The van der Waals surface area contributed by atoms with Crippen LogP contribution in [0.1, 0.15) is 61.5 Å². The molecule has 0 spiro atoms. The molecule has 2 saturated heterocycles. The number of ketones is 1. The number of nitrogens with zero attached hydrogens (tertiary/aromatic N) is 1. The van der Waals surface area contributed by atoms with Crippen molar-refractivity contribution in [1.29, 1.82) is 0 Å². The molecule has 2 aliphatic rings. The highest BCUT2D eigenvalue weighted by atomic mass is 32.2. The van der Waals surface area contributed by atoms with Crippen molar-refractivity contribution in [3.8, 4) is 0 Å². The van der Waals surface area contributed by atoms with Gasteiger partial charge in [0.15, 0.2) is 0 Å². The van der Waals surface area contributed by atoms with Crippen LogP contribution in [0.15, 0.2) is 48.5 Å². The van der Waals surface area contributed by atoms with Gasteiger partial charge in [0.2, 0.25) is 10.0 Å². The highest BCUT2D eigenvalue weighted by molar-refractivity contribution is 7.89. The van der Waals surface area contributed by atoms with Crippen LogP contribution in [0.3, 0.4) is 0 Å². The van der Waals surface area contributed by atoms with Crippen molar-refractivity contribution in [2.45, 2.75) is 62.8 Å². The Labute approximate surface area is 189 Å². The molecule has 0 N–H and O–H groups in total. The molecule has 0 bridgehead atoms. The van der Waals surface area contributed by atoms with Gasteiger partial charge in [-0.2, -0.15) is 4.31 Å². The second-order valence-electron chi connectivity index (χ2n) is 8.97. The molecule has 0 aliphatic carbocycles. The van der Waals surface area contributed by atoms with Gasteiger partial charge in [-0.1, -0.05) is 42.5 Å². The van der Waals surface area contributed by atoms with E-state index >= 15 is 4.39 Å². The van der Waals surface area contributed by atoms with Crippen molar-refractivity contribution in [3.05, 3.63) is 71.0 Å². The molecule has 7 heteroatoms. The van der Waals surface area contributed by atoms with E-state index in [4.69, 9.17) is 4.74 Å². The Balaban J connectivity index is 1.62. The first-order valence-corrected chi connectivity index (χ1v) is 12.7. The van der Waals surface area contributed by atoms with Crippen molar-refractivity contribution in [3.63, 3.8) is 0 Å². The Morgan fingerprint density at radius 2 is 1.81 bits per heavy atom. The van der Waals surface area contributed by atoms with E-state index in [1.54, 1.807) is 19.1 Å². The third-order valence-corrected chi connectivity index (χ3v) is 9.52.